The highest BCUT2D eigenvalue weighted by molar-refractivity contribution is 7.61. The number of aliphatic hydroxyl groups excluding tert-OH is 1. The molecule has 1 aliphatic heterocycles. The van der Waals surface area contributed by atoms with Gasteiger partial charge in [-0.05, 0) is 18.6 Å². The molecule has 0 spiro atoms. The van der Waals surface area contributed by atoms with Crippen LogP contribution in [0.2, 0.25) is 0 Å². The van der Waals surface area contributed by atoms with E-state index in [1.807, 2.05) is 0 Å². The van der Waals surface area contributed by atoms with Crippen molar-refractivity contribution in [2.75, 3.05) is 6.61 Å². The Morgan fingerprint density at radius 2 is 1.80 bits per heavy atom. The Morgan fingerprint density at radius 1 is 1.33 bits per heavy atom. The zero-order valence-electron chi connectivity index (χ0n) is 7.64. The molecule has 1 rings (SSSR count). The molecule has 2 atom stereocenters. The Labute approximate surface area is 85.3 Å². The smallest absolute Gasteiger partial charge is 0.392 e. The van der Waals surface area contributed by atoms with Gasteiger partial charge in [0.25, 0.3) is 0 Å². The molecule has 8 nitrogen and oxygen atoms in total. The lowest BCUT2D eigenvalue weighted by atomic mass is 10.3. The molecule has 88 valence electrons. The van der Waals surface area contributed by atoms with Gasteiger partial charge in [-0.2, -0.15) is 4.31 Å². The van der Waals surface area contributed by atoms with Crippen LogP contribution in [0.1, 0.15) is 6.92 Å². The van der Waals surface area contributed by atoms with Gasteiger partial charge in [0.05, 0.1) is 6.61 Å². The van der Waals surface area contributed by atoms with Crippen molar-refractivity contribution in [3.8, 4) is 0 Å². The molecular weight excluding hydrogens is 250 g/mol. The van der Waals surface area contributed by atoms with Gasteiger partial charge in [-0.3, -0.25) is 9.05 Å². The number of rotatable bonds is 2. The molecule has 15 heavy (non-hydrogen) atoms. The van der Waals surface area contributed by atoms with Crippen LogP contribution in [0.5, 0.6) is 0 Å². The van der Waals surface area contributed by atoms with Crippen LogP contribution in [-0.4, -0.2) is 27.8 Å². The number of hydrogen-bond acceptors (Lipinski definition) is 6. The van der Waals surface area contributed by atoms with E-state index in [9.17, 15) is 9.13 Å². The SMILES string of the molecule is C/C(=C\C1OP(=O)(O)OP(=O)(O)O1)CO. The number of phosphoric acid groups is 2. The van der Waals surface area contributed by atoms with E-state index in [-0.39, 0.29) is 6.61 Å². The predicted octanol–water partition coefficient (Wildman–Crippen LogP) is 0.515. The molecule has 0 saturated carbocycles. The quantitative estimate of drug-likeness (QED) is 0.485. The van der Waals surface area contributed by atoms with E-state index in [2.05, 4.69) is 13.4 Å². The summed E-state index contributed by atoms with van der Waals surface area (Å²) in [6, 6.07) is 0. The van der Waals surface area contributed by atoms with Crippen molar-refractivity contribution in [1.29, 1.82) is 0 Å². The average molecular weight is 260 g/mol. The molecule has 0 aromatic rings. The molecular formula is C5H10O8P2. The fourth-order valence-electron chi connectivity index (χ4n) is 0.797. The Balaban J connectivity index is 2.85. The molecule has 0 aromatic heterocycles. The molecule has 0 amide bonds. The highest BCUT2D eigenvalue weighted by Gasteiger charge is 2.44. The van der Waals surface area contributed by atoms with Crippen LogP contribution in [0.4, 0.5) is 0 Å². The van der Waals surface area contributed by atoms with Crippen LogP contribution in [-0.2, 0) is 22.5 Å². The van der Waals surface area contributed by atoms with Crippen molar-refractivity contribution >= 4 is 15.6 Å². The Morgan fingerprint density at radius 3 is 2.20 bits per heavy atom. The summed E-state index contributed by atoms with van der Waals surface area (Å²) in [5, 5.41) is 8.65. The van der Waals surface area contributed by atoms with Gasteiger partial charge in [0.15, 0.2) is 6.29 Å². The summed E-state index contributed by atoms with van der Waals surface area (Å²) in [5.41, 5.74) is 0.349. The first-order chi connectivity index (χ1) is 6.74. The highest BCUT2D eigenvalue weighted by Crippen LogP contribution is 2.65. The van der Waals surface area contributed by atoms with Gasteiger partial charge < -0.3 is 14.9 Å². The summed E-state index contributed by atoms with van der Waals surface area (Å²) >= 11 is 0. The van der Waals surface area contributed by atoms with Crippen molar-refractivity contribution in [3.63, 3.8) is 0 Å². The number of phosphoric ester groups is 2. The summed E-state index contributed by atoms with van der Waals surface area (Å²) < 4.78 is 34.3. The second-order valence-corrected chi connectivity index (χ2v) is 5.72. The van der Waals surface area contributed by atoms with Crippen molar-refractivity contribution in [2.24, 2.45) is 0 Å². The van der Waals surface area contributed by atoms with E-state index in [4.69, 9.17) is 14.9 Å². The lowest BCUT2D eigenvalue weighted by Crippen LogP contribution is -2.18. The van der Waals surface area contributed by atoms with Crippen molar-refractivity contribution in [1.82, 2.24) is 0 Å². The van der Waals surface area contributed by atoms with E-state index >= 15 is 0 Å². The molecule has 0 bridgehead atoms. The van der Waals surface area contributed by atoms with E-state index < -0.39 is 21.9 Å². The normalized spacial score (nSPS) is 42.9. The molecule has 0 aromatic carbocycles. The van der Waals surface area contributed by atoms with Crippen LogP contribution in [0.3, 0.4) is 0 Å². The van der Waals surface area contributed by atoms with Gasteiger partial charge in [0.2, 0.25) is 0 Å². The standard InChI is InChI=1S/C5H10O8P2/c1-4(3-6)2-5-11-14(7,8)13-15(9,10)12-5/h2,5-6H,3H2,1H3,(H,7,8)(H,9,10)/b4-2+. The molecule has 1 heterocycles. The average Bonchev–Trinajstić information content (AvgIpc) is 1.97. The lowest BCUT2D eigenvalue weighted by molar-refractivity contribution is -0.0282. The topological polar surface area (TPSA) is 123 Å². The molecule has 0 aliphatic carbocycles. The monoisotopic (exact) mass is 260 g/mol. The fourth-order valence-corrected chi connectivity index (χ4v) is 2.95. The molecule has 10 heteroatoms. The van der Waals surface area contributed by atoms with Gasteiger partial charge in [-0.15, -0.1) is 0 Å². The van der Waals surface area contributed by atoms with E-state index in [1.165, 1.54) is 6.92 Å². The summed E-state index contributed by atoms with van der Waals surface area (Å²) in [6.07, 6.45) is -0.411. The number of hydrogen-bond donors (Lipinski definition) is 3. The largest absolute Gasteiger partial charge is 0.483 e. The third kappa shape index (κ3) is 4.14. The zero-order chi connectivity index (χ0) is 11.7. The molecule has 2 unspecified atom stereocenters. The minimum absolute atomic E-state index is 0.338. The Kier molecular flexibility index (Phi) is 3.86. The first-order valence-electron chi connectivity index (χ1n) is 3.76. The van der Waals surface area contributed by atoms with E-state index in [0.29, 0.717) is 5.57 Å². The maximum atomic E-state index is 10.9. The lowest BCUT2D eigenvalue weighted by Gasteiger charge is -2.26. The van der Waals surface area contributed by atoms with Crippen LogP contribution in [0, 0.1) is 0 Å². The second-order valence-electron chi connectivity index (χ2n) is 2.77. The molecule has 1 saturated heterocycles. The van der Waals surface area contributed by atoms with Gasteiger partial charge in [0.1, 0.15) is 0 Å². The van der Waals surface area contributed by atoms with Crippen molar-refractivity contribution < 1.29 is 37.4 Å². The van der Waals surface area contributed by atoms with Crippen molar-refractivity contribution in [2.45, 2.75) is 13.2 Å². The van der Waals surface area contributed by atoms with Crippen LogP contribution < -0.4 is 0 Å². The molecule has 1 fully saturated rings. The third-order valence-electron chi connectivity index (χ3n) is 1.35. The Hall–Kier alpha value is -0.0400. The van der Waals surface area contributed by atoms with Crippen molar-refractivity contribution in [3.05, 3.63) is 11.6 Å². The minimum Gasteiger partial charge on any atom is -0.392 e. The maximum Gasteiger partial charge on any atom is 0.483 e. The van der Waals surface area contributed by atoms with Crippen LogP contribution in [0.25, 0.3) is 0 Å². The van der Waals surface area contributed by atoms with Crippen LogP contribution in [0.15, 0.2) is 11.6 Å². The number of aliphatic hydroxyl groups is 1. The second kappa shape index (κ2) is 4.45. The first-order valence-corrected chi connectivity index (χ1v) is 6.75. The van der Waals surface area contributed by atoms with E-state index in [0.717, 1.165) is 6.08 Å². The Bertz CT molecular complexity index is 338. The maximum absolute atomic E-state index is 10.9. The first kappa shape index (κ1) is 13.0. The van der Waals surface area contributed by atoms with Gasteiger partial charge in [0, 0.05) is 0 Å². The fraction of sp³-hybridized carbons (Fsp3) is 0.600. The molecule has 3 N–H and O–H groups in total. The summed E-state index contributed by atoms with van der Waals surface area (Å²) in [5.74, 6) is 0. The van der Waals surface area contributed by atoms with Crippen LogP contribution >= 0.6 is 15.6 Å². The summed E-state index contributed by atoms with van der Waals surface area (Å²) in [6.45, 7) is 1.14. The van der Waals surface area contributed by atoms with E-state index in [1.54, 1.807) is 0 Å². The van der Waals surface area contributed by atoms with Gasteiger partial charge >= 0.3 is 15.6 Å². The molecule has 1 aliphatic rings. The van der Waals surface area contributed by atoms with Gasteiger partial charge in [-0.1, -0.05) is 0 Å². The summed E-state index contributed by atoms with van der Waals surface area (Å²) in [4.78, 5) is 17.7. The van der Waals surface area contributed by atoms with Gasteiger partial charge in [-0.25, -0.2) is 9.13 Å². The predicted molar refractivity (Wildman–Crippen MR) is 47.5 cm³/mol. The zero-order valence-corrected chi connectivity index (χ0v) is 9.43. The minimum atomic E-state index is -4.60. The summed E-state index contributed by atoms with van der Waals surface area (Å²) in [7, 11) is -9.19. The molecule has 0 radical (unpaired) electrons. The highest BCUT2D eigenvalue weighted by atomic mass is 31.3. The third-order valence-corrected chi connectivity index (χ3v) is 3.95.